The summed E-state index contributed by atoms with van der Waals surface area (Å²) in [6.07, 6.45) is 2.29. The lowest BCUT2D eigenvalue weighted by molar-refractivity contribution is 0.0475. The zero-order valence-corrected chi connectivity index (χ0v) is 11.4. The monoisotopic (exact) mass is 292 g/mol. The maximum absolute atomic E-state index is 13.3. The van der Waals surface area contributed by atoms with Gasteiger partial charge >= 0.3 is 0 Å². The number of aliphatic hydroxyl groups is 1. The van der Waals surface area contributed by atoms with E-state index in [4.69, 9.17) is 11.6 Å². The van der Waals surface area contributed by atoms with Crippen LogP contribution >= 0.6 is 11.6 Å². The highest BCUT2D eigenvalue weighted by Gasteiger charge is 2.49. The summed E-state index contributed by atoms with van der Waals surface area (Å²) in [6, 6.07) is 3.63. The first-order valence-corrected chi connectivity index (χ1v) is 7.95. The molecule has 0 heterocycles. The van der Waals surface area contributed by atoms with E-state index in [1.54, 1.807) is 0 Å². The lowest BCUT2D eigenvalue weighted by atomic mass is 9.92. The van der Waals surface area contributed by atoms with E-state index in [0.717, 1.165) is 12.3 Å². The molecule has 1 saturated carbocycles. The van der Waals surface area contributed by atoms with Gasteiger partial charge in [0.15, 0.2) is 9.84 Å². The fourth-order valence-electron chi connectivity index (χ4n) is 2.66. The zero-order valence-electron chi connectivity index (χ0n) is 9.86. The molecule has 18 heavy (non-hydrogen) atoms. The second kappa shape index (κ2) is 4.47. The molecule has 0 radical (unpaired) electrons. The Bertz CT molecular complexity index is 573. The topological polar surface area (TPSA) is 54.4 Å². The Labute approximate surface area is 111 Å². The number of rotatable bonds is 2. The second-order valence-electron chi connectivity index (χ2n) is 4.76. The Morgan fingerprint density at radius 2 is 2.17 bits per heavy atom. The van der Waals surface area contributed by atoms with Crippen LogP contribution in [0.1, 0.15) is 24.8 Å². The van der Waals surface area contributed by atoms with Crippen LogP contribution in [0.15, 0.2) is 18.2 Å². The molecule has 3 nitrogen and oxygen atoms in total. The van der Waals surface area contributed by atoms with E-state index in [9.17, 15) is 17.9 Å². The maximum Gasteiger partial charge on any atom is 0.153 e. The highest BCUT2D eigenvalue weighted by molar-refractivity contribution is 7.91. The summed E-state index contributed by atoms with van der Waals surface area (Å²) in [5, 5.41) is 9.90. The molecule has 100 valence electrons. The van der Waals surface area contributed by atoms with Crippen LogP contribution in [0.3, 0.4) is 0 Å². The third kappa shape index (κ3) is 2.27. The first kappa shape index (κ1) is 13.8. The van der Waals surface area contributed by atoms with Crippen molar-refractivity contribution in [2.75, 3.05) is 6.26 Å². The Morgan fingerprint density at radius 1 is 1.50 bits per heavy atom. The van der Waals surface area contributed by atoms with Gasteiger partial charge in [-0.3, -0.25) is 0 Å². The third-order valence-corrected chi connectivity index (χ3v) is 5.46. The van der Waals surface area contributed by atoms with Crippen molar-refractivity contribution in [2.24, 2.45) is 0 Å². The summed E-state index contributed by atoms with van der Waals surface area (Å²) in [6.45, 7) is 0. The maximum atomic E-state index is 13.3. The van der Waals surface area contributed by atoms with Gasteiger partial charge in [0.2, 0.25) is 0 Å². The largest absolute Gasteiger partial charge is 0.384 e. The molecule has 1 N–H and O–H groups in total. The van der Waals surface area contributed by atoms with Crippen LogP contribution in [0.5, 0.6) is 0 Å². The summed E-state index contributed by atoms with van der Waals surface area (Å²) in [5.74, 6) is -0.540. The molecule has 2 unspecified atom stereocenters. The molecule has 1 aliphatic carbocycles. The first-order valence-electron chi connectivity index (χ1n) is 5.62. The summed E-state index contributed by atoms with van der Waals surface area (Å²) in [4.78, 5) is 0. The Balaban J connectivity index is 2.57. The summed E-state index contributed by atoms with van der Waals surface area (Å²) >= 11 is 5.96. The van der Waals surface area contributed by atoms with Crippen molar-refractivity contribution in [3.63, 3.8) is 0 Å². The van der Waals surface area contributed by atoms with Gasteiger partial charge in [-0.2, -0.15) is 0 Å². The molecular formula is C12H14ClFO3S. The van der Waals surface area contributed by atoms with Crippen LogP contribution in [0, 0.1) is 5.82 Å². The van der Waals surface area contributed by atoms with E-state index >= 15 is 0 Å². The van der Waals surface area contributed by atoms with Crippen molar-refractivity contribution in [2.45, 2.75) is 30.1 Å². The standard InChI is InChI=1S/C12H14ClFO3S/c1-18(16,17)11-3-2-6-12(11,15)9-7-8(14)4-5-10(9)13/h4-5,7,11,15H,2-3,6H2,1H3. The summed E-state index contributed by atoms with van der Waals surface area (Å²) in [5.41, 5.74) is -1.43. The van der Waals surface area contributed by atoms with Gasteiger partial charge in [0, 0.05) is 16.8 Å². The number of hydrogen-bond donors (Lipinski definition) is 1. The summed E-state index contributed by atoms with van der Waals surface area (Å²) < 4.78 is 36.7. The molecule has 0 amide bonds. The van der Waals surface area contributed by atoms with Crippen LogP contribution in [0.25, 0.3) is 0 Å². The molecule has 0 aromatic heterocycles. The van der Waals surface area contributed by atoms with E-state index in [0.29, 0.717) is 12.8 Å². The zero-order chi connectivity index (χ0) is 13.6. The molecule has 0 bridgehead atoms. The fourth-order valence-corrected chi connectivity index (χ4v) is 4.49. The van der Waals surface area contributed by atoms with Crippen molar-refractivity contribution >= 4 is 21.4 Å². The van der Waals surface area contributed by atoms with Crippen LogP contribution < -0.4 is 0 Å². The Hall–Kier alpha value is -0.650. The van der Waals surface area contributed by atoms with Gasteiger partial charge in [0.25, 0.3) is 0 Å². The van der Waals surface area contributed by atoms with Gasteiger partial charge in [0.1, 0.15) is 11.4 Å². The van der Waals surface area contributed by atoms with Gasteiger partial charge in [-0.1, -0.05) is 11.6 Å². The lowest BCUT2D eigenvalue weighted by Crippen LogP contribution is -2.40. The second-order valence-corrected chi connectivity index (χ2v) is 7.39. The molecule has 0 saturated heterocycles. The highest BCUT2D eigenvalue weighted by Crippen LogP contribution is 2.44. The minimum atomic E-state index is -3.42. The van der Waals surface area contributed by atoms with Crippen molar-refractivity contribution in [1.29, 1.82) is 0 Å². The highest BCUT2D eigenvalue weighted by atomic mass is 35.5. The first-order chi connectivity index (χ1) is 8.25. The van der Waals surface area contributed by atoms with E-state index < -0.39 is 26.5 Å². The Morgan fingerprint density at radius 3 is 2.78 bits per heavy atom. The molecule has 1 aromatic rings. The fraction of sp³-hybridized carbons (Fsp3) is 0.500. The molecule has 2 rings (SSSR count). The summed E-state index contributed by atoms with van der Waals surface area (Å²) in [7, 11) is -3.42. The molecule has 0 aliphatic heterocycles. The van der Waals surface area contributed by atoms with Crippen molar-refractivity contribution in [3.05, 3.63) is 34.6 Å². The van der Waals surface area contributed by atoms with E-state index in [1.165, 1.54) is 12.1 Å². The number of halogens is 2. The van der Waals surface area contributed by atoms with Crippen molar-refractivity contribution in [1.82, 2.24) is 0 Å². The predicted octanol–water partition coefficient (Wildman–Crippen LogP) is 2.26. The van der Waals surface area contributed by atoms with Gasteiger partial charge < -0.3 is 5.11 Å². The molecular weight excluding hydrogens is 279 g/mol. The molecule has 2 atom stereocenters. The minimum absolute atomic E-state index is 0.164. The molecule has 1 aliphatic rings. The van der Waals surface area contributed by atoms with Crippen molar-refractivity contribution < 1.29 is 17.9 Å². The quantitative estimate of drug-likeness (QED) is 0.910. The number of benzene rings is 1. The van der Waals surface area contributed by atoms with Crippen molar-refractivity contribution in [3.8, 4) is 0 Å². The average molecular weight is 293 g/mol. The smallest absolute Gasteiger partial charge is 0.153 e. The van der Waals surface area contributed by atoms with Gasteiger partial charge in [0.05, 0.1) is 5.25 Å². The van der Waals surface area contributed by atoms with Gasteiger partial charge in [-0.25, -0.2) is 12.8 Å². The average Bonchev–Trinajstić information content (AvgIpc) is 2.65. The van der Waals surface area contributed by atoms with E-state index in [1.807, 2.05) is 0 Å². The number of sulfone groups is 1. The van der Waals surface area contributed by atoms with Crippen LogP contribution in [-0.2, 0) is 15.4 Å². The third-order valence-electron chi connectivity index (χ3n) is 3.47. The van der Waals surface area contributed by atoms with Crippen LogP contribution in [-0.4, -0.2) is 25.0 Å². The molecule has 6 heteroatoms. The molecule has 1 fully saturated rings. The SMILES string of the molecule is CS(=O)(=O)C1CCCC1(O)c1cc(F)ccc1Cl. The minimum Gasteiger partial charge on any atom is -0.384 e. The number of hydrogen-bond acceptors (Lipinski definition) is 3. The molecule has 1 aromatic carbocycles. The van der Waals surface area contributed by atoms with Crippen LogP contribution in [0.4, 0.5) is 4.39 Å². The van der Waals surface area contributed by atoms with E-state index in [2.05, 4.69) is 0 Å². The van der Waals surface area contributed by atoms with Gasteiger partial charge in [-0.15, -0.1) is 0 Å². The predicted molar refractivity (Wildman–Crippen MR) is 67.8 cm³/mol. The molecule has 0 spiro atoms. The van der Waals surface area contributed by atoms with E-state index in [-0.39, 0.29) is 17.0 Å². The lowest BCUT2D eigenvalue weighted by Gasteiger charge is -2.30. The normalized spacial score (nSPS) is 28.6. The Kier molecular flexibility index (Phi) is 3.42. The van der Waals surface area contributed by atoms with Gasteiger partial charge in [-0.05, 0) is 37.5 Å². The van der Waals surface area contributed by atoms with Crippen LogP contribution in [0.2, 0.25) is 5.02 Å².